The van der Waals surface area contributed by atoms with Crippen LogP contribution in [0.5, 0.6) is 0 Å². The average Bonchev–Trinajstić information content (AvgIpc) is 2.91. The van der Waals surface area contributed by atoms with Gasteiger partial charge in [0.25, 0.3) is 0 Å². The van der Waals surface area contributed by atoms with Gasteiger partial charge in [0.1, 0.15) is 0 Å². The van der Waals surface area contributed by atoms with Gasteiger partial charge in [-0.25, -0.2) is 0 Å². The number of hydrogen-bond donors (Lipinski definition) is 1. The van der Waals surface area contributed by atoms with Crippen molar-refractivity contribution < 1.29 is 0 Å². The van der Waals surface area contributed by atoms with Crippen LogP contribution in [0.3, 0.4) is 0 Å². The first-order valence-electron chi connectivity index (χ1n) is 5.81. The van der Waals surface area contributed by atoms with Gasteiger partial charge in [-0.3, -0.25) is 4.68 Å². The first-order chi connectivity index (χ1) is 8.67. The first kappa shape index (κ1) is 14.1. The van der Waals surface area contributed by atoms with Gasteiger partial charge < -0.3 is 5.32 Å². The van der Waals surface area contributed by atoms with Crippen LogP contribution in [0, 0.1) is 0 Å². The predicted octanol–water partition coefficient (Wildman–Crippen LogP) is 4.08. The highest BCUT2D eigenvalue weighted by Crippen LogP contribution is 2.34. The molecule has 0 saturated heterocycles. The molecule has 0 fully saturated rings. The van der Waals surface area contributed by atoms with Crippen molar-refractivity contribution in [2.75, 3.05) is 7.05 Å². The third-order valence-corrected chi connectivity index (χ3v) is 4.62. The molecule has 0 aliphatic heterocycles. The van der Waals surface area contributed by atoms with Crippen molar-refractivity contribution in [1.82, 2.24) is 15.1 Å². The summed E-state index contributed by atoms with van der Waals surface area (Å²) in [5, 5.41) is 7.74. The molecular formula is C12H15BrClN3S. The molecule has 0 saturated carbocycles. The smallest absolute Gasteiger partial charge is 0.0931 e. The molecule has 6 heteroatoms. The van der Waals surface area contributed by atoms with Crippen molar-refractivity contribution in [2.24, 2.45) is 0 Å². The van der Waals surface area contributed by atoms with Gasteiger partial charge in [-0.05, 0) is 41.5 Å². The van der Waals surface area contributed by atoms with Crippen LogP contribution in [-0.2, 0) is 6.54 Å². The summed E-state index contributed by atoms with van der Waals surface area (Å²) in [6, 6.07) is 4.11. The average molecular weight is 349 g/mol. The normalized spacial score (nSPS) is 12.9. The minimum absolute atomic E-state index is 0.117. The summed E-state index contributed by atoms with van der Waals surface area (Å²) in [5.41, 5.74) is 1.15. The number of aromatic nitrogens is 2. The van der Waals surface area contributed by atoms with Gasteiger partial charge in [-0.2, -0.15) is 5.10 Å². The first-order valence-corrected chi connectivity index (χ1v) is 7.79. The summed E-state index contributed by atoms with van der Waals surface area (Å²) in [6.45, 7) is 3.06. The Morgan fingerprint density at radius 1 is 1.56 bits per heavy atom. The molecule has 0 aromatic carbocycles. The summed E-state index contributed by atoms with van der Waals surface area (Å²) in [5.74, 6) is 0. The van der Waals surface area contributed by atoms with E-state index in [1.807, 2.05) is 24.0 Å². The van der Waals surface area contributed by atoms with Crippen molar-refractivity contribution in [1.29, 1.82) is 0 Å². The van der Waals surface area contributed by atoms with Crippen LogP contribution in [-0.4, -0.2) is 16.8 Å². The molecule has 18 heavy (non-hydrogen) atoms. The number of halogens is 2. The van der Waals surface area contributed by atoms with E-state index in [0.717, 1.165) is 27.5 Å². The van der Waals surface area contributed by atoms with E-state index in [1.165, 1.54) is 4.88 Å². The van der Waals surface area contributed by atoms with Gasteiger partial charge in [0, 0.05) is 11.4 Å². The largest absolute Gasteiger partial charge is 0.307 e. The molecule has 0 aliphatic carbocycles. The molecule has 1 unspecified atom stereocenters. The molecule has 1 atom stereocenters. The zero-order valence-corrected chi connectivity index (χ0v) is 13.4. The zero-order valence-electron chi connectivity index (χ0n) is 10.3. The molecule has 0 bridgehead atoms. The fourth-order valence-corrected chi connectivity index (χ4v) is 3.65. The molecule has 0 aliphatic rings. The highest BCUT2D eigenvalue weighted by Gasteiger charge is 2.21. The fraction of sp³-hybridized carbons (Fsp3) is 0.417. The molecule has 0 amide bonds. The molecule has 98 valence electrons. The number of thiophene rings is 1. The maximum absolute atomic E-state index is 6.02. The van der Waals surface area contributed by atoms with E-state index in [4.69, 9.17) is 11.6 Å². The van der Waals surface area contributed by atoms with Crippen molar-refractivity contribution >= 4 is 38.9 Å². The van der Waals surface area contributed by atoms with E-state index < -0.39 is 0 Å². The van der Waals surface area contributed by atoms with E-state index in [1.54, 1.807) is 11.3 Å². The Morgan fingerprint density at radius 3 is 2.89 bits per heavy atom. The summed E-state index contributed by atoms with van der Waals surface area (Å²) in [4.78, 5) is 1.20. The molecule has 2 rings (SSSR count). The number of aryl methyl sites for hydroxylation is 1. The van der Waals surface area contributed by atoms with Crippen LogP contribution < -0.4 is 5.32 Å². The van der Waals surface area contributed by atoms with Crippen molar-refractivity contribution in [2.45, 2.75) is 25.9 Å². The molecule has 2 aromatic rings. The van der Waals surface area contributed by atoms with E-state index in [0.29, 0.717) is 0 Å². The number of nitrogens with one attached hydrogen (secondary N) is 1. The van der Waals surface area contributed by atoms with E-state index in [2.05, 4.69) is 39.3 Å². The zero-order chi connectivity index (χ0) is 13.1. The number of nitrogens with zero attached hydrogens (tertiary/aromatic N) is 2. The number of rotatable bonds is 5. The molecule has 0 radical (unpaired) electrons. The van der Waals surface area contributed by atoms with Crippen molar-refractivity contribution in [3.8, 4) is 0 Å². The van der Waals surface area contributed by atoms with Crippen LogP contribution in [0.2, 0.25) is 4.34 Å². The van der Waals surface area contributed by atoms with Crippen LogP contribution in [0.1, 0.15) is 30.0 Å². The summed E-state index contributed by atoms with van der Waals surface area (Å²) in [7, 11) is 1.95. The Labute approximate surface area is 124 Å². The summed E-state index contributed by atoms with van der Waals surface area (Å²) in [6.07, 6.45) is 2.91. The van der Waals surface area contributed by atoms with Crippen molar-refractivity contribution in [3.05, 3.63) is 37.7 Å². The third kappa shape index (κ3) is 2.79. The monoisotopic (exact) mass is 347 g/mol. The predicted molar refractivity (Wildman–Crippen MR) is 80.4 cm³/mol. The lowest BCUT2D eigenvalue weighted by Gasteiger charge is -2.17. The molecule has 0 spiro atoms. The van der Waals surface area contributed by atoms with E-state index in [-0.39, 0.29) is 6.04 Å². The second kappa shape index (κ2) is 6.19. The third-order valence-electron chi connectivity index (χ3n) is 2.71. The highest BCUT2D eigenvalue weighted by molar-refractivity contribution is 9.10. The minimum Gasteiger partial charge on any atom is -0.307 e. The van der Waals surface area contributed by atoms with Crippen LogP contribution in [0.4, 0.5) is 0 Å². The van der Waals surface area contributed by atoms with Crippen LogP contribution in [0.25, 0.3) is 0 Å². The van der Waals surface area contributed by atoms with Gasteiger partial charge in [0.15, 0.2) is 0 Å². The SMILES string of the molecule is CCCn1ncc(Br)c1C(NC)c1ccc(Cl)s1. The standard InChI is InChI=1S/C12H15BrClN3S/c1-3-6-17-12(8(13)7-16-17)11(15-2)9-4-5-10(14)18-9/h4-5,7,11,15H,3,6H2,1-2H3. The maximum atomic E-state index is 6.02. The van der Waals surface area contributed by atoms with E-state index >= 15 is 0 Å². The van der Waals surface area contributed by atoms with Gasteiger partial charge in [0.05, 0.1) is 26.7 Å². The molecule has 3 nitrogen and oxygen atoms in total. The Morgan fingerprint density at radius 2 is 2.33 bits per heavy atom. The second-order valence-corrected chi connectivity index (χ2v) is 6.57. The van der Waals surface area contributed by atoms with Gasteiger partial charge in [-0.15, -0.1) is 11.3 Å². The van der Waals surface area contributed by atoms with Gasteiger partial charge in [0.2, 0.25) is 0 Å². The molecule has 2 aromatic heterocycles. The van der Waals surface area contributed by atoms with Crippen LogP contribution in [0.15, 0.2) is 22.8 Å². The Hall–Kier alpha value is -0.360. The summed E-state index contributed by atoms with van der Waals surface area (Å²) >= 11 is 11.2. The van der Waals surface area contributed by atoms with Crippen molar-refractivity contribution in [3.63, 3.8) is 0 Å². The quantitative estimate of drug-likeness (QED) is 0.882. The van der Waals surface area contributed by atoms with Gasteiger partial charge >= 0.3 is 0 Å². The fourth-order valence-electron chi connectivity index (χ4n) is 1.95. The Bertz CT molecular complexity index is 523. The number of hydrogen-bond acceptors (Lipinski definition) is 3. The second-order valence-electron chi connectivity index (χ2n) is 3.96. The lowest BCUT2D eigenvalue weighted by Crippen LogP contribution is -2.21. The van der Waals surface area contributed by atoms with Gasteiger partial charge in [-0.1, -0.05) is 18.5 Å². The maximum Gasteiger partial charge on any atom is 0.0931 e. The topological polar surface area (TPSA) is 29.9 Å². The van der Waals surface area contributed by atoms with E-state index in [9.17, 15) is 0 Å². The Balaban J connectivity index is 2.41. The summed E-state index contributed by atoms with van der Waals surface area (Å²) < 4.78 is 3.88. The van der Waals surface area contributed by atoms with Crippen LogP contribution >= 0.6 is 38.9 Å². The Kier molecular flexibility index (Phi) is 4.84. The minimum atomic E-state index is 0.117. The lowest BCUT2D eigenvalue weighted by atomic mass is 10.1. The highest BCUT2D eigenvalue weighted by atomic mass is 79.9. The molecular weight excluding hydrogens is 334 g/mol. The molecule has 1 N–H and O–H groups in total. The lowest BCUT2D eigenvalue weighted by molar-refractivity contribution is 0.536. The molecule has 2 heterocycles.